The Hall–Kier alpha value is -2.10. The average Bonchev–Trinajstić information content (AvgIpc) is 2.40. The second-order valence-corrected chi connectivity index (χ2v) is 4.32. The average molecular weight is 245 g/mol. The van der Waals surface area contributed by atoms with Crippen molar-refractivity contribution in [3.05, 3.63) is 42.0 Å². The number of rotatable bonds is 3. The van der Waals surface area contributed by atoms with Gasteiger partial charge in [-0.15, -0.1) is 0 Å². The Morgan fingerprint density at radius 1 is 1.22 bits per heavy atom. The summed E-state index contributed by atoms with van der Waals surface area (Å²) in [6.45, 7) is 0. The zero-order valence-corrected chi connectivity index (χ0v) is 9.93. The van der Waals surface area contributed by atoms with Crippen LogP contribution in [0.15, 0.2) is 36.4 Å². The minimum Gasteiger partial charge on any atom is -0.478 e. The third-order valence-electron chi connectivity index (χ3n) is 3.06. The van der Waals surface area contributed by atoms with E-state index in [1.54, 1.807) is 18.2 Å². The minimum atomic E-state index is -1.03. The van der Waals surface area contributed by atoms with Crippen LogP contribution < -0.4 is 5.32 Å². The van der Waals surface area contributed by atoms with Gasteiger partial charge in [0.1, 0.15) is 0 Å². The van der Waals surface area contributed by atoms with Crippen LogP contribution in [0.5, 0.6) is 0 Å². The van der Waals surface area contributed by atoms with Gasteiger partial charge in [0.15, 0.2) is 0 Å². The number of para-hydroxylation sites is 1. The summed E-state index contributed by atoms with van der Waals surface area (Å²) in [4.78, 5) is 23.0. The number of carbonyl (C=O) groups is 2. The zero-order chi connectivity index (χ0) is 13.0. The lowest BCUT2D eigenvalue weighted by molar-refractivity contribution is -0.120. The molecule has 18 heavy (non-hydrogen) atoms. The fourth-order valence-electron chi connectivity index (χ4n) is 2.05. The lowest BCUT2D eigenvalue weighted by Crippen LogP contribution is -2.24. The molecule has 1 amide bonds. The van der Waals surface area contributed by atoms with E-state index in [-0.39, 0.29) is 17.4 Å². The SMILES string of the molecule is O=C(O)c1ccccc1NC(=O)C1CC=CCC1. The lowest BCUT2D eigenvalue weighted by Gasteiger charge is -2.17. The van der Waals surface area contributed by atoms with Gasteiger partial charge < -0.3 is 10.4 Å². The number of carboxylic acids is 1. The second kappa shape index (κ2) is 5.49. The molecular formula is C14H15NO3. The molecule has 4 heteroatoms. The predicted molar refractivity (Wildman–Crippen MR) is 68.5 cm³/mol. The molecule has 94 valence electrons. The van der Waals surface area contributed by atoms with Gasteiger partial charge in [-0.25, -0.2) is 4.79 Å². The van der Waals surface area contributed by atoms with Crippen molar-refractivity contribution < 1.29 is 14.7 Å². The normalized spacial score (nSPS) is 18.3. The number of amides is 1. The van der Waals surface area contributed by atoms with Crippen LogP contribution in [0.3, 0.4) is 0 Å². The molecule has 1 unspecified atom stereocenters. The van der Waals surface area contributed by atoms with Gasteiger partial charge >= 0.3 is 5.97 Å². The molecule has 0 saturated heterocycles. The van der Waals surface area contributed by atoms with E-state index in [0.717, 1.165) is 19.3 Å². The topological polar surface area (TPSA) is 66.4 Å². The van der Waals surface area contributed by atoms with Crippen molar-refractivity contribution in [3.8, 4) is 0 Å². The summed E-state index contributed by atoms with van der Waals surface area (Å²) in [6.07, 6.45) is 6.50. The van der Waals surface area contributed by atoms with Crippen molar-refractivity contribution in [3.63, 3.8) is 0 Å². The fourth-order valence-corrected chi connectivity index (χ4v) is 2.05. The lowest BCUT2D eigenvalue weighted by atomic mass is 9.93. The standard InChI is InChI=1S/C14H15NO3/c16-13(10-6-2-1-3-7-10)15-12-9-5-4-8-11(12)14(17)18/h1-2,4-5,8-10H,3,6-7H2,(H,15,16)(H,17,18). The van der Waals surface area contributed by atoms with Crippen molar-refractivity contribution in [2.45, 2.75) is 19.3 Å². The third-order valence-corrected chi connectivity index (χ3v) is 3.06. The Kier molecular flexibility index (Phi) is 3.77. The number of benzene rings is 1. The Morgan fingerprint density at radius 2 is 2.00 bits per heavy atom. The first-order valence-electron chi connectivity index (χ1n) is 5.96. The molecule has 0 heterocycles. The molecule has 2 N–H and O–H groups in total. The van der Waals surface area contributed by atoms with E-state index < -0.39 is 5.97 Å². The highest BCUT2D eigenvalue weighted by molar-refractivity contribution is 6.01. The summed E-state index contributed by atoms with van der Waals surface area (Å²) >= 11 is 0. The van der Waals surface area contributed by atoms with Gasteiger partial charge in [-0.2, -0.15) is 0 Å². The Morgan fingerprint density at radius 3 is 2.67 bits per heavy atom. The molecule has 1 aliphatic rings. The van der Waals surface area contributed by atoms with Crippen LogP contribution in [0.1, 0.15) is 29.6 Å². The number of nitrogens with one attached hydrogen (secondary N) is 1. The van der Waals surface area contributed by atoms with Gasteiger partial charge in [0.2, 0.25) is 5.91 Å². The number of aromatic carboxylic acids is 1. The van der Waals surface area contributed by atoms with Crippen LogP contribution in [0.25, 0.3) is 0 Å². The molecule has 1 aromatic rings. The Balaban J connectivity index is 2.11. The smallest absolute Gasteiger partial charge is 0.337 e. The molecule has 1 atom stereocenters. The van der Waals surface area contributed by atoms with Crippen molar-refractivity contribution in [1.29, 1.82) is 0 Å². The van der Waals surface area contributed by atoms with E-state index in [9.17, 15) is 9.59 Å². The number of hydrogen-bond donors (Lipinski definition) is 2. The molecule has 0 fully saturated rings. The maximum atomic E-state index is 12.0. The Bertz CT molecular complexity index is 494. The van der Waals surface area contributed by atoms with Crippen molar-refractivity contribution in [2.75, 3.05) is 5.32 Å². The van der Waals surface area contributed by atoms with Crippen LogP contribution >= 0.6 is 0 Å². The highest BCUT2D eigenvalue weighted by atomic mass is 16.4. The van der Waals surface area contributed by atoms with Gasteiger partial charge in [0, 0.05) is 5.92 Å². The number of carbonyl (C=O) groups excluding carboxylic acids is 1. The van der Waals surface area contributed by atoms with Crippen LogP contribution in [-0.2, 0) is 4.79 Å². The Labute approximate surface area is 105 Å². The molecule has 0 radical (unpaired) electrons. The van der Waals surface area contributed by atoms with E-state index in [4.69, 9.17) is 5.11 Å². The molecule has 0 spiro atoms. The first-order chi connectivity index (χ1) is 8.68. The molecule has 0 bridgehead atoms. The maximum Gasteiger partial charge on any atom is 0.337 e. The quantitative estimate of drug-likeness (QED) is 0.804. The summed E-state index contributed by atoms with van der Waals surface area (Å²) in [5.41, 5.74) is 0.488. The summed E-state index contributed by atoms with van der Waals surface area (Å²) in [6, 6.07) is 6.45. The summed E-state index contributed by atoms with van der Waals surface area (Å²) in [5.74, 6) is -1.20. The number of hydrogen-bond acceptors (Lipinski definition) is 2. The van der Waals surface area contributed by atoms with Crippen LogP contribution in [-0.4, -0.2) is 17.0 Å². The van der Waals surface area contributed by atoms with Crippen LogP contribution in [0.4, 0.5) is 5.69 Å². The summed E-state index contributed by atoms with van der Waals surface area (Å²) < 4.78 is 0. The van der Waals surface area contributed by atoms with Crippen molar-refractivity contribution in [1.82, 2.24) is 0 Å². The van der Waals surface area contributed by atoms with E-state index in [1.807, 2.05) is 6.08 Å². The second-order valence-electron chi connectivity index (χ2n) is 4.32. The molecule has 4 nitrogen and oxygen atoms in total. The number of carboxylic acid groups (broad SMARTS) is 1. The van der Waals surface area contributed by atoms with E-state index >= 15 is 0 Å². The zero-order valence-electron chi connectivity index (χ0n) is 9.93. The minimum absolute atomic E-state index is 0.0585. The van der Waals surface area contributed by atoms with Crippen LogP contribution in [0, 0.1) is 5.92 Å². The largest absolute Gasteiger partial charge is 0.478 e. The summed E-state index contributed by atoms with van der Waals surface area (Å²) in [7, 11) is 0. The molecular weight excluding hydrogens is 230 g/mol. The monoisotopic (exact) mass is 245 g/mol. The predicted octanol–water partition coefficient (Wildman–Crippen LogP) is 2.68. The molecule has 0 aromatic heterocycles. The van der Waals surface area contributed by atoms with Gasteiger partial charge in [0.25, 0.3) is 0 Å². The molecule has 1 aromatic carbocycles. The van der Waals surface area contributed by atoms with Gasteiger partial charge in [0.05, 0.1) is 11.3 Å². The number of anilines is 1. The number of allylic oxidation sites excluding steroid dienone is 2. The first-order valence-corrected chi connectivity index (χ1v) is 5.96. The van der Waals surface area contributed by atoms with Gasteiger partial charge in [-0.3, -0.25) is 4.79 Å². The van der Waals surface area contributed by atoms with Crippen molar-refractivity contribution >= 4 is 17.6 Å². The molecule has 1 aliphatic carbocycles. The highest BCUT2D eigenvalue weighted by Crippen LogP contribution is 2.21. The van der Waals surface area contributed by atoms with Gasteiger partial charge in [-0.05, 0) is 31.4 Å². The summed E-state index contributed by atoms with van der Waals surface area (Å²) in [5, 5.41) is 11.7. The van der Waals surface area contributed by atoms with E-state index in [2.05, 4.69) is 11.4 Å². The highest BCUT2D eigenvalue weighted by Gasteiger charge is 2.20. The molecule has 0 saturated carbocycles. The molecule has 2 rings (SSSR count). The fraction of sp³-hybridized carbons (Fsp3) is 0.286. The van der Waals surface area contributed by atoms with Gasteiger partial charge in [-0.1, -0.05) is 24.3 Å². The van der Waals surface area contributed by atoms with E-state index in [1.165, 1.54) is 6.07 Å². The van der Waals surface area contributed by atoms with Crippen molar-refractivity contribution in [2.24, 2.45) is 5.92 Å². The van der Waals surface area contributed by atoms with Crippen LogP contribution in [0.2, 0.25) is 0 Å². The third kappa shape index (κ3) is 2.77. The van der Waals surface area contributed by atoms with E-state index in [0.29, 0.717) is 5.69 Å². The molecule has 0 aliphatic heterocycles. The first kappa shape index (κ1) is 12.4. The maximum absolute atomic E-state index is 12.0.